The smallest absolute Gasteiger partial charge is 0.248 e. The van der Waals surface area contributed by atoms with Crippen LogP contribution >= 0.6 is 0 Å². The van der Waals surface area contributed by atoms with E-state index in [-0.39, 0.29) is 11.7 Å². The summed E-state index contributed by atoms with van der Waals surface area (Å²) in [4.78, 5) is 16.1. The molecular weight excluding hydrogens is 303 g/mol. The largest absolute Gasteiger partial charge is 0.323 e. The predicted molar refractivity (Wildman–Crippen MR) is 93.7 cm³/mol. The summed E-state index contributed by atoms with van der Waals surface area (Å²) >= 11 is 0. The molecule has 0 radical (unpaired) electrons. The van der Waals surface area contributed by atoms with Gasteiger partial charge in [0.2, 0.25) is 5.91 Å². The molecule has 0 saturated heterocycles. The van der Waals surface area contributed by atoms with Crippen LogP contribution in [0, 0.1) is 5.82 Å². The number of amides is 1. The number of carbonyl (C=O) groups excluding carboxylic acids is 1. The lowest BCUT2D eigenvalue weighted by atomic mass is 10.1. The molecule has 0 fully saturated rings. The van der Waals surface area contributed by atoms with Crippen LogP contribution in [0.3, 0.4) is 0 Å². The molecule has 0 spiro atoms. The third kappa shape index (κ3) is 4.14. The van der Waals surface area contributed by atoms with Crippen molar-refractivity contribution in [2.45, 2.75) is 0 Å². The van der Waals surface area contributed by atoms with Crippen molar-refractivity contribution in [2.24, 2.45) is 0 Å². The second-order valence-corrected chi connectivity index (χ2v) is 5.20. The summed E-state index contributed by atoms with van der Waals surface area (Å²) in [6.45, 7) is 0. The van der Waals surface area contributed by atoms with Crippen LogP contribution in [0.15, 0.2) is 79.1 Å². The van der Waals surface area contributed by atoms with Crippen molar-refractivity contribution >= 4 is 17.7 Å². The highest BCUT2D eigenvalue weighted by Crippen LogP contribution is 2.20. The lowest BCUT2D eigenvalue weighted by Gasteiger charge is -2.03. The molecule has 0 saturated carbocycles. The normalized spacial score (nSPS) is 10.7. The second-order valence-electron chi connectivity index (χ2n) is 5.20. The maximum atomic E-state index is 13.0. The van der Waals surface area contributed by atoms with Crippen molar-refractivity contribution in [1.29, 1.82) is 0 Å². The lowest BCUT2D eigenvalue weighted by molar-refractivity contribution is -0.111. The fourth-order valence-corrected chi connectivity index (χ4v) is 2.23. The van der Waals surface area contributed by atoms with E-state index in [1.165, 1.54) is 18.2 Å². The highest BCUT2D eigenvalue weighted by molar-refractivity contribution is 6.01. The minimum absolute atomic E-state index is 0.214. The number of hydrogen-bond donors (Lipinski definition) is 1. The van der Waals surface area contributed by atoms with Gasteiger partial charge >= 0.3 is 0 Å². The van der Waals surface area contributed by atoms with Gasteiger partial charge in [-0.25, -0.2) is 4.39 Å². The minimum Gasteiger partial charge on any atom is -0.323 e. The zero-order valence-electron chi connectivity index (χ0n) is 12.8. The van der Waals surface area contributed by atoms with Crippen molar-refractivity contribution in [3.8, 4) is 11.1 Å². The topological polar surface area (TPSA) is 42.0 Å². The minimum atomic E-state index is -0.277. The van der Waals surface area contributed by atoms with Crippen LogP contribution in [-0.4, -0.2) is 10.9 Å². The van der Waals surface area contributed by atoms with Crippen molar-refractivity contribution in [2.75, 3.05) is 5.32 Å². The Hall–Kier alpha value is -3.27. The van der Waals surface area contributed by atoms with E-state index in [9.17, 15) is 9.18 Å². The Labute approximate surface area is 139 Å². The fraction of sp³-hybridized carbons (Fsp3) is 0. The first-order chi connectivity index (χ1) is 11.7. The number of nitrogens with zero attached hydrogens (tertiary/aromatic N) is 1. The van der Waals surface area contributed by atoms with Gasteiger partial charge in [-0.1, -0.05) is 30.3 Å². The predicted octanol–water partition coefficient (Wildman–Crippen LogP) is 4.54. The number of pyridine rings is 1. The van der Waals surface area contributed by atoms with Crippen LogP contribution in [0.1, 0.15) is 5.56 Å². The number of halogens is 1. The molecule has 3 nitrogen and oxygen atoms in total. The molecule has 2 aromatic carbocycles. The molecular formula is C20H15FN2O. The molecule has 4 heteroatoms. The Bertz CT molecular complexity index is 858. The third-order valence-corrected chi connectivity index (χ3v) is 3.41. The van der Waals surface area contributed by atoms with Gasteiger partial charge in [-0.2, -0.15) is 0 Å². The van der Waals surface area contributed by atoms with Gasteiger partial charge in [0.05, 0.1) is 0 Å². The molecule has 0 bridgehead atoms. The van der Waals surface area contributed by atoms with Crippen LogP contribution < -0.4 is 5.32 Å². The van der Waals surface area contributed by atoms with Gasteiger partial charge < -0.3 is 5.32 Å². The number of hydrogen-bond acceptors (Lipinski definition) is 2. The molecule has 118 valence electrons. The molecule has 0 atom stereocenters. The van der Waals surface area contributed by atoms with Crippen LogP contribution in [-0.2, 0) is 4.79 Å². The first-order valence-electron chi connectivity index (χ1n) is 7.46. The molecule has 3 rings (SSSR count). The standard InChI is InChI=1S/C20H15FN2O/c21-18-9-7-16(8-10-18)17-12-15(13-22-14-17)6-11-20(24)23-19-4-2-1-3-5-19/h1-14H,(H,23,24)/b11-6+. The zero-order valence-corrected chi connectivity index (χ0v) is 12.8. The highest BCUT2D eigenvalue weighted by atomic mass is 19.1. The molecule has 0 aliphatic heterocycles. The van der Waals surface area contributed by atoms with E-state index < -0.39 is 0 Å². The molecule has 0 aliphatic carbocycles. The van der Waals surface area contributed by atoms with Gasteiger partial charge in [0.1, 0.15) is 5.82 Å². The molecule has 1 N–H and O–H groups in total. The molecule has 24 heavy (non-hydrogen) atoms. The van der Waals surface area contributed by atoms with Crippen molar-refractivity contribution in [1.82, 2.24) is 4.98 Å². The maximum Gasteiger partial charge on any atom is 0.248 e. The van der Waals surface area contributed by atoms with Gasteiger partial charge in [-0.05, 0) is 47.5 Å². The number of rotatable bonds is 4. The summed E-state index contributed by atoms with van der Waals surface area (Å²) in [7, 11) is 0. The average Bonchev–Trinajstić information content (AvgIpc) is 2.62. The quantitative estimate of drug-likeness (QED) is 0.718. The van der Waals surface area contributed by atoms with Gasteiger partial charge in [0.15, 0.2) is 0 Å². The molecule has 3 aromatic rings. The molecule has 0 aliphatic rings. The van der Waals surface area contributed by atoms with Crippen molar-refractivity contribution < 1.29 is 9.18 Å². The fourth-order valence-electron chi connectivity index (χ4n) is 2.23. The molecule has 1 aromatic heterocycles. The van der Waals surface area contributed by atoms with Crippen LogP contribution in [0.4, 0.5) is 10.1 Å². The third-order valence-electron chi connectivity index (χ3n) is 3.41. The Morgan fingerprint density at radius 3 is 2.46 bits per heavy atom. The van der Waals surface area contributed by atoms with E-state index >= 15 is 0 Å². The van der Waals surface area contributed by atoms with E-state index in [1.807, 2.05) is 36.4 Å². The molecule has 1 amide bonds. The number of nitrogens with one attached hydrogen (secondary N) is 1. The van der Waals surface area contributed by atoms with Crippen molar-refractivity contribution in [3.05, 3.63) is 90.5 Å². The monoisotopic (exact) mass is 318 g/mol. The summed E-state index contributed by atoms with van der Waals surface area (Å²) in [5.41, 5.74) is 3.26. The maximum absolute atomic E-state index is 13.0. The lowest BCUT2D eigenvalue weighted by Crippen LogP contribution is -2.07. The first-order valence-corrected chi connectivity index (χ1v) is 7.46. The number of benzene rings is 2. The first kappa shape index (κ1) is 15.6. The Morgan fingerprint density at radius 1 is 0.958 bits per heavy atom. The summed E-state index contributed by atoms with van der Waals surface area (Å²) in [6.07, 6.45) is 6.52. The Kier molecular flexibility index (Phi) is 4.77. The van der Waals surface area contributed by atoms with Gasteiger partial charge in [0.25, 0.3) is 0 Å². The summed E-state index contributed by atoms with van der Waals surface area (Å²) in [6, 6.07) is 17.3. The number of carbonyl (C=O) groups is 1. The summed E-state index contributed by atoms with van der Waals surface area (Å²) in [5.74, 6) is -0.492. The van der Waals surface area contributed by atoms with E-state index in [2.05, 4.69) is 10.3 Å². The van der Waals surface area contributed by atoms with E-state index in [0.29, 0.717) is 0 Å². The Morgan fingerprint density at radius 2 is 1.71 bits per heavy atom. The Balaban J connectivity index is 1.72. The van der Waals surface area contributed by atoms with Crippen LogP contribution in [0.5, 0.6) is 0 Å². The van der Waals surface area contributed by atoms with E-state index in [4.69, 9.17) is 0 Å². The summed E-state index contributed by atoms with van der Waals surface area (Å²) < 4.78 is 13.0. The van der Waals surface area contributed by atoms with Gasteiger partial charge in [-0.3, -0.25) is 9.78 Å². The van der Waals surface area contributed by atoms with Crippen LogP contribution in [0.2, 0.25) is 0 Å². The SMILES string of the molecule is O=C(/C=C/c1cncc(-c2ccc(F)cc2)c1)Nc1ccccc1. The summed E-state index contributed by atoms with van der Waals surface area (Å²) in [5, 5.41) is 2.78. The van der Waals surface area contributed by atoms with E-state index in [1.54, 1.807) is 30.6 Å². The second kappa shape index (κ2) is 7.33. The number of aromatic nitrogens is 1. The zero-order chi connectivity index (χ0) is 16.8. The van der Waals surface area contributed by atoms with Gasteiger partial charge in [0, 0.05) is 29.7 Å². The highest BCUT2D eigenvalue weighted by Gasteiger charge is 2.01. The van der Waals surface area contributed by atoms with Crippen LogP contribution in [0.25, 0.3) is 17.2 Å². The van der Waals surface area contributed by atoms with Gasteiger partial charge in [-0.15, -0.1) is 0 Å². The average molecular weight is 318 g/mol. The molecule has 1 heterocycles. The number of para-hydroxylation sites is 1. The van der Waals surface area contributed by atoms with E-state index in [0.717, 1.165) is 22.4 Å². The van der Waals surface area contributed by atoms with Crippen molar-refractivity contribution in [3.63, 3.8) is 0 Å². The number of anilines is 1. The molecule has 0 unspecified atom stereocenters.